The van der Waals surface area contributed by atoms with Gasteiger partial charge in [-0.25, -0.2) is 0 Å². The summed E-state index contributed by atoms with van der Waals surface area (Å²) in [5.74, 6) is -0.440. The fraction of sp³-hybridized carbons (Fsp3) is 0.770. The Kier molecular flexibility index (Phi) is 54.4. The number of allylic oxidation sites excluding steroid dienone is 12. The average molecular weight is 922 g/mol. The van der Waals surface area contributed by atoms with Crippen LogP contribution >= 0.6 is 0 Å². The minimum atomic E-state index is -0.557. The number of ether oxygens (including phenoxy) is 3. The number of hydrogen-bond donors (Lipinski definition) is 0. The molecule has 0 fully saturated rings. The zero-order valence-electron chi connectivity index (χ0n) is 44.0. The lowest BCUT2D eigenvalue weighted by atomic mass is 10.0. The van der Waals surface area contributed by atoms with E-state index in [1.54, 1.807) is 0 Å². The number of carbonyl (C=O) groups is 2. The molecular formula is C61H108O5. The standard InChI is InChI=1S/C61H108O5/c1-4-7-10-13-16-19-22-25-28-30-31-32-34-36-39-42-45-48-51-54-60(62)65-58-59(57-64-56-53-50-47-44-41-38-35-29-26-23-20-17-14-11-8-5-2)66-61(63)55-52-49-46-43-40-37-33-27-24-21-18-15-12-9-6-3/h16,18-19,21,25,27-28,31-33,36,39,59H,4-15,17,20,22-24,26,29-30,34-35,37-38,40-58H2,1-3H3/b19-16-,21-18-,28-25-,32-31-,33-27-,39-36-/t59-/m1/s1. The molecule has 5 nitrogen and oxygen atoms in total. The largest absolute Gasteiger partial charge is 0.462 e. The van der Waals surface area contributed by atoms with Crippen LogP contribution in [0.5, 0.6) is 0 Å². The average Bonchev–Trinajstić information content (AvgIpc) is 3.32. The maximum atomic E-state index is 12.8. The van der Waals surface area contributed by atoms with Crippen LogP contribution in [-0.4, -0.2) is 37.9 Å². The highest BCUT2D eigenvalue weighted by Crippen LogP contribution is 2.15. The van der Waals surface area contributed by atoms with Gasteiger partial charge in [0.1, 0.15) is 6.61 Å². The van der Waals surface area contributed by atoms with Crippen LogP contribution in [0.2, 0.25) is 0 Å². The van der Waals surface area contributed by atoms with Crippen molar-refractivity contribution < 1.29 is 23.8 Å². The molecule has 0 aliphatic rings. The van der Waals surface area contributed by atoms with E-state index in [0.29, 0.717) is 19.4 Å². The number of hydrogen-bond acceptors (Lipinski definition) is 5. The first-order valence-corrected chi connectivity index (χ1v) is 28.5. The second-order valence-corrected chi connectivity index (χ2v) is 18.8. The summed E-state index contributed by atoms with van der Waals surface area (Å²) in [5.41, 5.74) is 0. The zero-order chi connectivity index (χ0) is 47.7. The van der Waals surface area contributed by atoms with Crippen molar-refractivity contribution >= 4 is 11.9 Å². The first kappa shape index (κ1) is 63.3. The highest BCUT2D eigenvalue weighted by atomic mass is 16.6. The van der Waals surface area contributed by atoms with Gasteiger partial charge < -0.3 is 14.2 Å². The lowest BCUT2D eigenvalue weighted by Gasteiger charge is -2.18. The Morgan fingerprint density at radius 1 is 0.333 bits per heavy atom. The predicted molar refractivity (Wildman–Crippen MR) is 288 cm³/mol. The molecule has 0 rings (SSSR count). The summed E-state index contributed by atoms with van der Waals surface area (Å²) >= 11 is 0. The van der Waals surface area contributed by atoms with Crippen molar-refractivity contribution in [1.29, 1.82) is 0 Å². The molecule has 0 radical (unpaired) electrons. The second-order valence-electron chi connectivity index (χ2n) is 18.8. The summed E-state index contributed by atoms with van der Waals surface area (Å²) in [6, 6.07) is 0. The van der Waals surface area contributed by atoms with Gasteiger partial charge in [-0.05, 0) is 96.3 Å². The summed E-state index contributed by atoms with van der Waals surface area (Å²) in [6.45, 7) is 7.76. The van der Waals surface area contributed by atoms with Crippen molar-refractivity contribution in [3.63, 3.8) is 0 Å². The van der Waals surface area contributed by atoms with Crippen LogP contribution < -0.4 is 0 Å². The molecule has 0 aromatic carbocycles. The smallest absolute Gasteiger partial charge is 0.306 e. The van der Waals surface area contributed by atoms with Gasteiger partial charge >= 0.3 is 11.9 Å². The maximum Gasteiger partial charge on any atom is 0.306 e. The molecule has 0 saturated carbocycles. The molecule has 5 heteroatoms. The maximum absolute atomic E-state index is 12.8. The third-order valence-electron chi connectivity index (χ3n) is 12.2. The normalized spacial score (nSPS) is 12.7. The number of carbonyl (C=O) groups excluding carboxylic acids is 2. The summed E-state index contributed by atoms with van der Waals surface area (Å²) in [6.07, 6.45) is 73.4. The topological polar surface area (TPSA) is 61.8 Å². The van der Waals surface area contributed by atoms with E-state index in [1.807, 2.05) is 0 Å². The molecule has 0 heterocycles. The van der Waals surface area contributed by atoms with Crippen molar-refractivity contribution in [2.24, 2.45) is 0 Å². The molecule has 66 heavy (non-hydrogen) atoms. The predicted octanol–water partition coefficient (Wildman–Crippen LogP) is 19.5. The summed E-state index contributed by atoms with van der Waals surface area (Å²) < 4.78 is 17.4. The fourth-order valence-corrected chi connectivity index (χ4v) is 7.94. The van der Waals surface area contributed by atoms with Crippen molar-refractivity contribution in [2.75, 3.05) is 19.8 Å². The third-order valence-corrected chi connectivity index (χ3v) is 12.2. The van der Waals surface area contributed by atoms with E-state index in [0.717, 1.165) is 89.9 Å². The quantitative estimate of drug-likeness (QED) is 0.0346. The van der Waals surface area contributed by atoms with E-state index >= 15 is 0 Å². The minimum absolute atomic E-state index is 0.0634. The van der Waals surface area contributed by atoms with Gasteiger partial charge in [-0.15, -0.1) is 0 Å². The van der Waals surface area contributed by atoms with Crippen LogP contribution in [0, 0.1) is 0 Å². The van der Waals surface area contributed by atoms with Gasteiger partial charge in [-0.1, -0.05) is 241 Å². The Bertz CT molecular complexity index is 1180. The minimum Gasteiger partial charge on any atom is -0.462 e. The van der Waals surface area contributed by atoms with Gasteiger partial charge in [0.25, 0.3) is 0 Å². The summed E-state index contributed by atoms with van der Waals surface area (Å²) in [4.78, 5) is 25.5. The number of esters is 2. The Labute approximate surface area is 410 Å². The lowest BCUT2D eigenvalue weighted by molar-refractivity contribution is -0.163. The van der Waals surface area contributed by atoms with Crippen LogP contribution in [0.4, 0.5) is 0 Å². The first-order valence-electron chi connectivity index (χ1n) is 28.5. The molecule has 0 N–H and O–H groups in total. The van der Waals surface area contributed by atoms with E-state index in [9.17, 15) is 9.59 Å². The molecule has 0 spiro atoms. The SMILES string of the molecule is CCCCC/C=C\C/C=C\C/C=C\C/C=C\CCCCCC(=O)OC[C@@H](COCCCCCCCCCCCCCCCCCC)OC(=O)CCCCCCC/C=C\C/C=C\CCCCC. The van der Waals surface area contributed by atoms with Crippen molar-refractivity contribution in [2.45, 2.75) is 284 Å². The monoisotopic (exact) mass is 921 g/mol. The van der Waals surface area contributed by atoms with Crippen LogP contribution in [-0.2, 0) is 23.8 Å². The number of rotatable bonds is 52. The zero-order valence-corrected chi connectivity index (χ0v) is 44.0. The van der Waals surface area contributed by atoms with Crippen LogP contribution in [0.1, 0.15) is 278 Å². The van der Waals surface area contributed by atoms with Crippen molar-refractivity contribution in [3.8, 4) is 0 Å². The molecule has 0 aromatic rings. The highest BCUT2D eigenvalue weighted by molar-refractivity contribution is 5.70. The Morgan fingerprint density at radius 2 is 0.636 bits per heavy atom. The Balaban J connectivity index is 4.34. The van der Waals surface area contributed by atoms with Gasteiger partial charge in [0.05, 0.1) is 6.61 Å². The van der Waals surface area contributed by atoms with E-state index < -0.39 is 6.10 Å². The molecule has 1 atom stereocenters. The molecule has 382 valence electrons. The Hall–Kier alpha value is -2.66. The van der Waals surface area contributed by atoms with Gasteiger partial charge in [0, 0.05) is 19.4 Å². The van der Waals surface area contributed by atoms with Crippen LogP contribution in [0.25, 0.3) is 0 Å². The molecule has 0 aliphatic carbocycles. The second kappa shape index (κ2) is 56.7. The summed E-state index contributed by atoms with van der Waals surface area (Å²) in [7, 11) is 0. The van der Waals surface area contributed by atoms with E-state index in [4.69, 9.17) is 14.2 Å². The van der Waals surface area contributed by atoms with Crippen molar-refractivity contribution in [1.82, 2.24) is 0 Å². The molecular weight excluding hydrogens is 813 g/mol. The number of unbranched alkanes of at least 4 members (excludes halogenated alkanes) is 29. The van der Waals surface area contributed by atoms with Crippen molar-refractivity contribution in [3.05, 3.63) is 72.9 Å². The van der Waals surface area contributed by atoms with Gasteiger partial charge in [0.2, 0.25) is 0 Å². The van der Waals surface area contributed by atoms with E-state index in [1.165, 1.54) is 154 Å². The van der Waals surface area contributed by atoms with Crippen LogP contribution in [0.15, 0.2) is 72.9 Å². The molecule has 0 aliphatic heterocycles. The molecule has 0 bridgehead atoms. The Morgan fingerprint density at radius 3 is 1.06 bits per heavy atom. The molecule has 0 amide bonds. The van der Waals surface area contributed by atoms with E-state index in [2.05, 4.69) is 93.7 Å². The van der Waals surface area contributed by atoms with E-state index in [-0.39, 0.29) is 25.2 Å². The van der Waals surface area contributed by atoms with Crippen LogP contribution in [0.3, 0.4) is 0 Å². The highest BCUT2D eigenvalue weighted by Gasteiger charge is 2.17. The third kappa shape index (κ3) is 54.0. The molecule has 0 unspecified atom stereocenters. The van der Waals surface area contributed by atoms with Gasteiger partial charge in [0.15, 0.2) is 6.10 Å². The lowest BCUT2D eigenvalue weighted by Crippen LogP contribution is -2.30. The summed E-state index contributed by atoms with van der Waals surface area (Å²) in [5, 5.41) is 0. The molecule has 0 saturated heterocycles. The molecule has 0 aromatic heterocycles. The van der Waals surface area contributed by atoms with Gasteiger partial charge in [-0.2, -0.15) is 0 Å². The van der Waals surface area contributed by atoms with Gasteiger partial charge in [-0.3, -0.25) is 9.59 Å². The first-order chi connectivity index (χ1) is 32.6. The fourth-order valence-electron chi connectivity index (χ4n) is 7.94.